The van der Waals surface area contributed by atoms with Crippen molar-refractivity contribution in [3.8, 4) is 0 Å². The lowest BCUT2D eigenvalue weighted by molar-refractivity contribution is -0.193. The van der Waals surface area contributed by atoms with Crippen LogP contribution >= 0.6 is 0 Å². The molecule has 1 aliphatic carbocycles. The molecule has 0 amide bonds. The van der Waals surface area contributed by atoms with Gasteiger partial charge < -0.3 is 14.9 Å². The van der Waals surface area contributed by atoms with Crippen LogP contribution in [0.5, 0.6) is 0 Å². The first-order valence-electron chi connectivity index (χ1n) is 11.2. The summed E-state index contributed by atoms with van der Waals surface area (Å²) in [6, 6.07) is 6.80. The molecule has 2 heterocycles. The fraction of sp³-hybridized carbons (Fsp3) is 0.522. The number of aryl methyl sites for hydroxylation is 1. The molecule has 1 aliphatic heterocycles. The number of hydrogen-bond donors (Lipinski definition) is 2. The molecule has 38 heavy (non-hydrogen) atoms. The van der Waals surface area contributed by atoms with Crippen molar-refractivity contribution in [3.05, 3.63) is 53.1 Å². The summed E-state index contributed by atoms with van der Waals surface area (Å²) in [4.78, 5) is 20.2. The zero-order valence-electron chi connectivity index (χ0n) is 20.1. The van der Waals surface area contributed by atoms with Crippen LogP contribution in [0.15, 0.2) is 30.5 Å². The summed E-state index contributed by atoms with van der Waals surface area (Å²) in [5, 5.41) is 18.7. The molecule has 1 saturated carbocycles. The van der Waals surface area contributed by atoms with E-state index in [0.717, 1.165) is 44.3 Å². The van der Waals surface area contributed by atoms with E-state index in [2.05, 4.69) is 10.00 Å². The highest BCUT2D eigenvalue weighted by atomic mass is 19.4. The Hall–Kier alpha value is -3.20. The SMILES string of the molecule is Cn1ncc2c1CN(Cc1ccc(F)cc1)CC2COCC1CC1.O=C(O)C(F)(F)F.O=C(O)C(F)(F)F. The van der Waals surface area contributed by atoms with Gasteiger partial charge >= 0.3 is 24.3 Å². The largest absolute Gasteiger partial charge is 0.490 e. The highest BCUT2D eigenvalue weighted by molar-refractivity contribution is 5.73. The summed E-state index contributed by atoms with van der Waals surface area (Å²) in [5.74, 6) is -4.54. The zero-order valence-corrected chi connectivity index (χ0v) is 20.1. The van der Waals surface area contributed by atoms with Gasteiger partial charge in [-0.2, -0.15) is 31.4 Å². The van der Waals surface area contributed by atoms with Crippen molar-refractivity contribution in [2.24, 2.45) is 13.0 Å². The van der Waals surface area contributed by atoms with Crippen LogP contribution in [-0.4, -0.2) is 68.9 Å². The van der Waals surface area contributed by atoms with Gasteiger partial charge in [-0.3, -0.25) is 9.58 Å². The predicted octanol–water partition coefficient (Wildman–Crippen LogP) is 4.35. The molecule has 1 unspecified atom stereocenters. The molecule has 2 N–H and O–H groups in total. The molecule has 2 aromatic rings. The number of fused-ring (bicyclic) bond motifs is 1. The van der Waals surface area contributed by atoms with Gasteiger partial charge in [0.1, 0.15) is 5.82 Å². The van der Waals surface area contributed by atoms with Gasteiger partial charge in [0, 0.05) is 44.8 Å². The van der Waals surface area contributed by atoms with Crippen molar-refractivity contribution in [1.29, 1.82) is 0 Å². The fourth-order valence-electron chi connectivity index (χ4n) is 3.47. The number of aliphatic carboxylic acids is 2. The average Bonchev–Trinajstić information content (AvgIpc) is 3.56. The smallest absolute Gasteiger partial charge is 0.475 e. The van der Waals surface area contributed by atoms with Gasteiger partial charge in [0.2, 0.25) is 0 Å². The molecule has 1 aromatic carbocycles. The lowest BCUT2D eigenvalue weighted by Gasteiger charge is -2.33. The quantitative estimate of drug-likeness (QED) is 0.509. The van der Waals surface area contributed by atoms with Crippen LogP contribution in [0.25, 0.3) is 0 Å². The number of rotatable bonds is 6. The van der Waals surface area contributed by atoms with Crippen molar-refractivity contribution in [3.63, 3.8) is 0 Å². The number of nitrogens with zero attached hydrogens (tertiary/aromatic N) is 3. The number of alkyl halides is 6. The molecule has 4 rings (SSSR count). The van der Waals surface area contributed by atoms with E-state index in [-0.39, 0.29) is 5.82 Å². The summed E-state index contributed by atoms with van der Waals surface area (Å²) in [6.45, 7) is 4.31. The lowest BCUT2D eigenvalue weighted by Crippen LogP contribution is -2.35. The molecular formula is C23H26F7N3O5. The van der Waals surface area contributed by atoms with Gasteiger partial charge in [0.25, 0.3) is 0 Å². The second-order valence-corrected chi connectivity index (χ2v) is 8.75. The Balaban J connectivity index is 0.000000301. The van der Waals surface area contributed by atoms with Gasteiger partial charge in [0.05, 0.1) is 18.5 Å². The Morgan fingerprint density at radius 3 is 2.00 bits per heavy atom. The third-order valence-electron chi connectivity index (χ3n) is 5.56. The molecule has 1 aromatic heterocycles. The molecule has 2 aliphatic rings. The second kappa shape index (κ2) is 13.0. The van der Waals surface area contributed by atoms with E-state index in [1.54, 1.807) is 0 Å². The molecule has 0 saturated heterocycles. The highest BCUT2D eigenvalue weighted by Gasteiger charge is 2.39. The summed E-state index contributed by atoms with van der Waals surface area (Å²) in [5.41, 5.74) is 3.73. The number of benzene rings is 1. The number of carboxylic acids is 2. The maximum atomic E-state index is 13.1. The van der Waals surface area contributed by atoms with Crippen molar-refractivity contribution in [1.82, 2.24) is 14.7 Å². The van der Waals surface area contributed by atoms with Crippen LogP contribution in [0, 0.1) is 11.7 Å². The minimum Gasteiger partial charge on any atom is -0.475 e. The zero-order chi connectivity index (χ0) is 28.7. The number of carboxylic acid groups (broad SMARTS) is 2. The Morgan fingerprint density at radius 2 is 1.53 bits per heavy atom. The van der Waals surface area contributed by atoms with E-state index >= 15 is 0 Å². The molecule has 15 heteroatoms. The minimum absolute atomic E-state index is 0.183. The van der Waals surface area contributed by atoms with Crippen LogP contribution in [0.1, 0.15) is 35.6 Å². The third-order valence-corrected chi connectivity index (χ3v) is 5.56. The van der Waals surface area contributed by atoms with Crippen LogP contribution in [0.3, 0.4) is 0 Å². The summed E-state index contributed by atoms with van der Waals surface area (Å²) in [6.07, 6.45) is -5.53. The monoisotopic (exact) mass is 557 g/mol. The number of ether oxygens (including phenoxy) is 1. The van der Waals surface area contributed by atoms with Crippen LogP contribution in [0.4, 0.5) is 30.7 Å². The van der Waals surface area contributed by atoms with Crippen LogP contribution in [0.2, 0.25) is 0 Å². The Kier molecular flexibility index (Phi) is 10.6. The summed E-state index contributed by atoms with van der Waals surface area (Å²) >= 11 is 0. The topological polar surface area (TPSA) is 105 Å². The fourth-order valence-corrected chi connectivity index (χ4v) is 3.47. The third kappa shape index (κ3) is 10.3. The normalized spacial score (nSPS) is 17.4. The van der Waals surface area contributed by atoms with Gasteiger partial charge in [0.15, 0.2) is 0 Å². The van der Waals surface area contributed by atoms with E-state index in [9.17, 15) is 30.7 Å². The number of carbonyl (C=O) groups is 2. The van der Waals surface area contributed by atoms with E-state index < -0.39 is 24.3 Å². The average molecular weight is 557 g/mol. The molecule has 0 bridgehead atoms. The molecule has 8 nitrogen and oxygen atoms in total. The van der Waals surface area contributed by atoms with E-state index in [0.29, 0.717) is 5.92 Å². The summed E-state index contributed by atoms with van der Waals surface area (Å²) in [7, 11) is 2.00. The van der Waals surface area contributed by atoms with Crippen molar-refractivity contribution in [2.75, 3.05) is 19.8 Å². The van der Waals surface area contributed by atoms with Gasteiger partial charge in [-0.15, -0.1) is 0 Å². The first-order chi connectivity index (χ1) is 17.6. The highest BCUT2D eigenvalue weighted by Crippen LogP contribution is 2.32. The Labute approximate surface area is 212 Å². The van der Waals surface area contributed by atoms with E-state index in [1.165, 1.54) is 36.2 Å². The molecule has 0 spiro atoms. The van der Waals surface area contributed by atoms with E-state index in [4.69, 9.17) is 24.5 Å². The second-order valence-electron chi connectivity index (χ2n) is 8.75. The van der Waals surface area contributed by atoms with Crippen LogP contribution in [-0.2, 0) is 34.5 Å². The maximum Gasteiger partial charge on any atom is 0.490 e. The van der Waals surface area contributed by atoms with Gasteiger partial charge in [-0.05, 0) is 36.5 Å². The van der Waals surface area contributed by atoms with Gasteiger partial charge in [-0.1, -0.05) is 12.1 Å². The Morgan fingerprint density at radius 1 is 1.00 bits per heavy atom. The molecule has 1 atom stereocenters. The Bertz CT molecular complexity index is 1040. The van der Waals surface area contributed by atoms with Crippen molar-refractivity contribution >= 4 is 11.9 Å². The maximum absolute atomic E-state index is 13.1. The number of aromatic nitrogens is 2. The minimum atomic E-state index is -5.08. The lowest BCUT2D eigenvalue weighted by atomic mass is 9.95. The number of halogens is 7. The predicted molar refractivity (Wildman–Crippen MR) is 117 cm³/mol. The first kappa shape index (κ1) is 31.0. The van der Waals surface area contributed by atoms with Crippen molar-refractivity contribution in [2.45, 2.75) is 44.2 Å². The van der Waals surface area contributed by atoms with Crippen LogP contribution < -0.4 is 0 Å². The van der Waals surface area contributed by atoms with Crippen molar-refractivity contribution < 1.29 is 55.3 Å². The summed E-state index contributed by atoms with van der Waals surface area (Å²) < 4.78 is 84.5. The molecular weight excluding hydrogens is 531 g/mol. The molecule has 0 radical (unpaired) electrons. The van der Waals surface area contributed by atoms with E-state index in [1.807, 2.05) is 30.1 Å². The van der Waals surface area contributed by atoms with Gasteiger partial charge in [-0.25, -0.2) is 14.0 Å². The standard InChI is InChI=1S/C19H24FN3O.2C2HF3O2/c1-22-19-11-23(9-14-4-6-17(20)7-5-14)10-16(18(19)8-21-22)13-24-12-15-2-3-15;2*3-2(4,5)1(6)7/h4-8,15-16H,2-3,9-13H2,1H3;2*(H,6,7). The number of hydrogen-bond acceptors (Lipinski definition) is 5. The molecule has 212 valence electrons. The molecule has 1 fully saturated rings. The first-order valence-corrected chi connectivity index (χ1v) is 11.2.